The second-order valence-electron chi connectivity index (χ2n) is 7.10. The second-order valence-corrected chi connectivity index (χ2v) is 7.10. The van der Waals surface area contributed by atoms with Crippen LogP contribution in [0.1, 0.15) is 38.8 Å². The van der Waals surface area contributed by atoms with Crippen LogP contribution in [0.2, 0.25) is 0 Å². The predicted molar refractivity (Wildman–Crippen MR) is 104 cm³/mol. The van der Waals surface area contributed by atoms with Crippen molar-refractivity contribution in [3.05, 3.63) is 71.8 Å². The van der Waals surface area contributed by atoms with Gasteiger partial charge in [0, 0.05) is 38.3 Å². The quantitative estimate of drug-likeness (QED) is 0.653. The average molecular weight is 325 g/mol. The fourth-order valence-electron chi connectivity index (χ4n) is 2.93. The summed E-state index contributed by atoms with van der Waals surface area (Å²) in [5, 5.41) is 0. The zero-order valence-electron chi connectivity index (χ0n) is 15.7. The van der Waals surface area contributed by atoms with Crippen LogP contribution in [0.25, 0.3) is 0 Å². The van der Waals surface area contributed by atoms with Gasteiger partial charge in [-0.3, -0.25) is 9.80 Å². The van der Waals surface area contributed by atoms with Gasteiger partial charge in [-0.25, -0.2) is 0 Å². The summed E-state index contributed by atoms with van der Waals surface area (Å²) >= 11 is 0. The molecule has 2 nitrogen and oxygen atoms in total. The molecule has 0 aliphatic heterocycles. The van der Waals surface area contributed by atoms with Crippen LogP contribution in [0.15, 0.2) is 60.7 Å². The lowest BCUT2D eigenvalue weighted by Crippen LogP contribution is -2.40. The van der Waals surface area contributed by atoms with Crippen LogP contribution in [-0.4, -0.2) is 35.0 Å². The van der Waals surface area contributed by atoms with Gasteiger partial charge in [0.15, 0.2) is 0 Å². The van der Waals surface area contributed by atoms with Gasteiger partial charge in [-0.05, 0) is 38.8 Å². The highest BCUT2D eigenvalue weighted by Gasteiger charge is 2.15. The summed E-state index contributed by atoms with van der Waals surface area (Å²) < 4.78 is 0. The zero-order chi connectivity index (χ0) is 17.4. The lowest BCUT2D eigenvalue weighted by atomic mass is 10.1. The Bertz CT molecular complexity index is 510. The Morgan fingerprint density at radius 1 is 0.583 bits per heavy atom. The van der Waals surface area contributed by atoms with Gasteiger partial charge < -0.3 is 0 Å². The molecule has 130 valence electrons. The molecule has 0 bridgehead atoms. The maximum absolute atomic E-state index is 2.57. The van der Waals surface area contributed by atoms with Crippen LogP contribution in [-0.2, 0) is 13.1 Å². The summed E-state index contributed by atoms with van der Waals surface area (Å²) in [5.41, 5.74) is 2.79. The van der Waals surface area contributed by atoms with E-state index in [1.807, 2.05) is 0 Å². The second kappa shape index (κ2) is 9.61. The molecule has 0 radical (unpaired) electrons. The van der Waals surface area contributed by atoms with E-state index < -0.39 is 0 Å². The SMILES string of the molecule is CC(C)N(CCN(Cc1ccccc1)C(C)C)Cc1ccccc1. The normalized spacial score (nSPS) is 11.8. The highest BCUT2D eigenvalue weighted by atomic mass is 15.2. The summed E-state index contributed by atoms with van der Waals surface area (Å²) in [7, 11) is 0. The van der Waals surface area contributed by atoms with Gasteiger partial charge in [-0.2, -0.15) is 0 Å². The third kappa shape index (κ3) is 6.10. The number of nitrogens with zero attached hydrogens (tertiary/aromatic N) is 2. The summed E-state index contributed by atoms with van der Waals surface area (Å²) in [4.78, 5) is 5.13. The van der Waals surface area contributed by atoms with E-state index in [-0.39, 0.29) is 0 Å². The van der Waals surface area contributed by atoms with Crippen LogP contribution >= 0.6 is 0 Å². The molecule has 2 heteroatoms. The first-order chi connectivity index (χ1) is 11.6. The zero-order valence-corrected chi connectivity index (χ0v) is 15.7. The molecule has 0 aliphatic carbocycles. The van der Waals surface area contributed by atoms with Crippen molar-refractivity contribution in [2.24, 2.45) is 0 Å². The molecule has 24 heavy (non-hydrogen) atoms. The Labute approximate surface area is 148 Å². The van der Waals surface area contributed by atoms with Crippen molar-refractivity contribution in [1.82, 2.24) is 9.80 Å². The van der Waals surface area contributed by atoms with Crippen LogP contribution in [0.4, 0.5) is 0 Å². The number of rotatable bonds is 9. The molecule has 0 fully saturated rings. The van der Waals surface area contributed by atoms with E-state index in [1.165, 1.54) is 11.1 Å². The Morgan fingerprint density at radius 3 is 1.21 bits per heavy atom. The van der Waals surface area contributed by atoms with E-state index in [0.717, 1.165) is 26.2 Å². The molecule has 2 aromatic rings. The van der Waals surface area contributed by atoms with Gasteiger partial charge in [0.1, 0.15) is 0 Å². The molecule has 0 atom stereocenters. The van der Waals surface area contributed by atoms with E-state index >= 15 is 0 Å². The highest BCUT2D eigenvalue weighted by molar-refractivity contribution is 5.15. The minimum absolute atomic E-state index is 0.552. The number of hydrogen-bond donors (Lipinski definition) is 0. The summed E-state index contributed by atoms with van der Waals surface area (Å²) in [6.45, 7) is 13.4. The van der Waals surface area contributed by atoms with E-state index in [2.05, 4.69) is 98.2 Å². The Kier molecular flexibility index (Phi) is 7.48. The topological polar surface area (TPSA) is 6.48 Å². The van der Waals surface area contributed by atoms with Crippen LogP contribution in [0.3, 0.4) is 0 Å². The molecular formula is C22H32N2. The first-order valence-electron chi connectivity index (χ1n) is 9.12. The van der Waals surface area contributed by atoms with Crippen molar-refractivity contribution in [2.75, 3.05) is 13.1 Å². The molecule has 0 N–H and O–H groups in total. The molecule has 0 spiro atoms. The smallest absolute Gasteiger partial charge is 0.0236 e. The van der Waals surface area contributed by atoms with Crippen LogP contribution in [0, 0.1) is 0 Å². The fourth-order valence-corrected chi connectivity index (χ4v) is 2.93. The lowest BCUT2D eigenvalue weighted by Gasteiger charge is -2.32. The maximum atomic E-state index is 2.57. The lowest BCUT2D eigenvalue weighted by molar-refractivity contribution is 0.145. The molecule has 2 rings (SSSR count). The van der Waals surface area contributed by atoms with Gasteiger partial charge in [-0.15, -0.1) is 0 Å². The molecule has 0 amide bonds. The Hall–Kier alpha value is -1.64. The fraction of sp³-hybridized carbons (Fsp3) is 0.455. The number of benzene rings is 2. The minimum Gasteiger partial charge on any atom is -0.295 e. The van der Waals surface area contributed by atoms with Crippen molar-refractivity contribution < 1.29 is 0 Å². The third-order valence-electron chi connectivity index (χ3n) is 4.59. The monoisotopic (exact) mass is 324 g/mol. The van der Waals surface area contributed by atoms with E-state index in [4.69, 9.17) is 0 Å². The maximum Gasteiger partial charge on any atom is 0.0236 e. The molecule has 2 aromatic carbocycles. The van der Waals surface area contributed by atoms with Crippen molar-refractivity contribution in [1.29, 1.82) is 0 Å². The van der Waals surface area contributed by atoms with Gasteiger partial charge in [-0.1, -0.05) is 60.7 Å². The average Bonchev–Trinajstić information content (AvgIpc) is 2.58. The Morgan fingerprint density at radius 2 is 0.917 bits per heavy atom. The standard InChI is InChI=1S/C22H32N2/c1-19(2)23(17-21-11-7-5-8-12-21)15-16-24(20(3)4)18-22-13-9-6-10-14-22/h5-14,19-20H,15-18H2,1-4H3. The van der Waals surface area contributed by atoms with Gasteiger partial charge in [0.05, 0.1) is 0 Å². The van der Waals surface area contributed by atoms with Crippen molar-refractivity contribution in [3.8, 4) is 0 Å². The minimum atomic E-state index is 0.552. The summed E-state index contributed by atoms with van der Waals surface area (Å²) in [5.74, 6) is 0. The van der Waals surface area contributed by atoms with Crippen molar-refractivity contribution in [2.45, 2.75) is 52.9 Å². The van der Waals surface area contributed by atoms with E-state index in [1.54, 1.807) is 0 Å². The molecule has 0 heterocycles. The number of hydrogen-bond acceptors (Lipinski definition) is 2. The summed E-state index contributed by atoms with van der Waals surface area (Å²) in [6.07, 6.45) is 0. The van der Waals surface area contributed by atoms with E-state index in [9.17, 15) is 0 Å². The van der Waals surface area contributed by atoms with Crippen molar-refractivity contribution >= 4 is 0 Å². The third-order valence-corrected chi connectivity index (χ3v) is 4.59. The largest absolute Gasteiger partial charge is 0.295 e. The molecule has 0 saturated heterocycles. The van der Waals surface area contributed by atoms with Crippen molar-refractivity contribution in [3.63, 3.8) is 0 Å². The molecule has 0 unspecified atom stereocenters. The predicted octanol–water partition coefficient (Wildman–Crippen LogP) is 4.81. The highest BCUT2D eigenvalue weighted by Crippen LogP contribution is 2.11. The molecule has 0 aromatic heterocycles. The first kappa shape index (κ1) is 18.7. The summed E-state index contributed by atoms with van der Waals surface area (Å²) in [6, 6.07) is 22.7. The van der Waals surface area contributed by atoms with E-state index in [0.29, 0.717) is 12.1 Å². The van der Waals surface area contributed by atoms with Gasteiger partial charge in [0.2, 0.25) is 0 Å². The van der Waals surface area contributed by atoms with Gasteiger partial charge >= 0.3 is 0 Å². The molecular weight excluding hydrogens is 292 g/mol. The Balaban J connectivity index is 1.95. The van der Waals surface area contributed by atoms with Gasteiger partial charge in [0.25, 0.3) is 0 Å². The van der Waals surface area contributed by atoms with Crippen LogP contribution in [0.5, 0.6) is 0 Å². The molecule has 0 aliphatic rings. The first-order valence-corrected chi connectivity index (χ1v) is 9.12. The molecule has 0 saturated carbocycles. The van der Waals surface area contributed by atoms with Crippen LogP contribution < -0.4 is 0 Å².